The summed E-state index contributed by atoms with van der Waals surface area (Å²) in [7, 11) is 1.84. The first-order valence-corrected chi connectivity index (χ1v) is 10.3. The molecule has 0 aliphatic carbocycles. The second kappa shape index (κ2) is 8.31. The Kier molecular flexibility index (Phi) is 5.55. The van der Waals surface area contributed by atoms with Crippen LogP contribution in [-0.4, -0.2) is 42.2 Å². The lowest BCUT2D eigenvalue weighted by atomic mass is 10.0. The number of hydrogen-bond acceptors (Lipinski definition) is 4. The number of nitrogens with zero attached hydrogens (tertiary/aromatic N) is 3. The van der Waals surface area contributed by atoms with Crippen molar-refractivity contribution in [1.82, 2.24) is 9.88 Å². The van der Waals surface area contributed by atoms with Crippen LogP contribution in [0.2, 0.25) is 0 Å². The number of carbonyl (C=O) groups excluding carboxylic acids is 1. The Labute approximate surface area is 180 Å². The number of fused-ring (bicyclic) bond motifs is 1. The number of nitriles is 1. The van der Waals surface area contributed by atoms with Gasteiger partial charge in [-0.25, -0.2) is 9.18 Å². The summed E-state index contributed by atoms with van der Waals surface area (Å²) in [6, 6.07) is 12.9. The van der Waals surface area contributed by atoms with Crippen molar-refractivity contribution in [2.75, 3.05) is 25.0 Å². The van der Waals surface area contributed by atoms with E-state index in [-0.39, 0.29) is 18.7 Å². The number of rotatable bonds is 4. The molecule has 0 bridgehead atoms. The Morgan fingerprint density at radius 1 is 1.35 bits per heavy atom. The topological polar surface area (TPSA) is 72.4 Å². The van der Waals surface area contributed by atoms with Crippen molar-refractivity contribution in [2.45, 2.75) is 32.9 Å². The zero-order chi connectivity index (χ0) is 22.1. The highest BCUT2D eigenvalue weighted by Crippen LogP contribution is 2.37. The predicted molar refractivity (Wildman–Crippen MR) is 117 cm³/mol. The normalized spacial score (nSPS) is 15.8. The summed E-state index contributed by atoms with van der Waals surface area (Å²) < 4.78 is 20.6. The smallest absolute Gasteiger partial charge is 0.410 e. The summed E-state index contributed by atoms with van der Waals surface area (Å²) in [6.07, 6.45) is 0.346. The van der Waals surface area contributed by atoms with Crippen molar-refractivity contribution in [1.29, 1.82) is 5.26 Å². The van der Waals surface area contributed by atoms with Crippen LogP contribution in [-0.2, 0) is 11.3 Å². The molecule has 6 nitrogen and oxygen atoms in total. The van der Waals surface area contributed by atoms with Crippen LogP contribution in [0.3, 0.4) is 0 Å². The molecule has 2 aromatic carbocycles. The predicted octanol–water partition coefficient (Wildman–Crippen LogP) is 4.64. The fourth-order valence-electron chi connectivity index (χ4n) is 4.25. The zero-order valence-electron chi connectivity index (χ0n) is 17.9. The molecular formula is C24H25FN4O2. The van der Waals surface area contributed by atoms with Gasteiger partial charge in [0.05, 0.1) is 16.8 Å². The van der Waals surface area contributed by atoms with Gasteiger partial charge >= 0.3 is 6.09 Å². The molecule has 1 unspecified atom stereocenters. The lowest BCUT2D eigenvalue weighted by molar-refractivity contribution is 0.104. The van der Waals surface area contributed by atoms with Crippen molar-refractivity contribution < 1.29 is 13.9 Å². The SMILES string of the molecule is Cc1[nH]c2c(C#N)cc(F)c(N(C)C3CCN(C(=O)OCc4ccccc4)C3)c2c1C. The second-order valence-electron chi connectivity index (χ2n) is 8.03. The Morgan fingerprint density at radius 2 is 2.10 bits per heavy atom. The number of amides is 1. The maximum Gasteiger partial charge on any atom is 0.410 e. The maximum absolute atomic E-state index is 15.1. The molecular weight excluding hydrogens is 395 g/mol. The lowest BCUT2D eigenvalue weighted by Gasteiger charge is -2.28. The van der Waals surface area contributed by atoms with Gasteiger partial charge in [0.25, 0.3) is 0 Å². The number of carbonyl (C=O) groups is 1. The molecule has 160 valence electrons. The van der Waals surface area contributed by atoms with E-state index in [9.17, 15) is 10.1 Å². The summed E-state index contributed by atoms with van der Waals surface area (Å²) >= 11 is 0. The summed E-state index contributed by atoms with van der Waals surface area (Å²) in [5.74, 6) is -0.432. The van der Waals surface area contributed by atoms with Gasteiger partial charge < -0.3 is 19.5 Å². The zero-order valence-corrected chi connectivity index (χ0v) is 17.9. The molecule has 1 atom stereocenters. The first kappa shape index (κ1) is 20.7. The number of H-pyrrole nitrogens is 1. The third-order valence-electron chi connectivity index (χ3n) is 6.15. The Balaban J connectivity index is 1.53. The van der Waals surface area contributed by atoms with Gasteiger partial charge in [-0.05, 0) is 37.5 Å². The molecule has 4 rings (SSSR count). The van der Waals surface area contributed by atoms with Gasteiger partial charge in [-0.1, -0.05) is 30.3 Å². The minimum atomic E-state index is -0.432. The van der Waals surface area contributed by atoms with E-state index in [2.05, 4.69) is 11.1 Å². The Morgan fingerprint density at radius 3 is 2.81 bits per heavy atom. The number of benzene rings is 2. The monoisotopic (exact) mass is 420 g/mol. The second-order valence-corrected chi connectivity index (χ2v) is 8.03. The van der Waals surface area contributed by atoms with Gasteiger partial charge in [0.15, 0.2) is 0 Å². The average molecular weight is 420 g/mol. The molecule has 1 fully saturated rings. The van der Waals surface area contributed by atoms with E-state index < -0.39 is 5.82 Å². The van der Waals surface area contributed by atoms with Crippen molar-refractivity contribution in [3.05, 3.63) is 64.6 Å². The Bertz CT molecular complexity index is 1170. The van der Waals surface area contributed by atoms with Crippen molar-refractivity contribution in [3.63, 3.8) is 0 Å². The summed E-state index contributed by atoms with van der Waals surface area (Å²) in [5, 5.41) is 10.1. The third-order valence-corrected chi connectivity index (χ3v) is 6.15. The van der Waals surface area contributed by atoms with Gasteiger partial charge in [0.1, 0.15) is 18.5 Å². The lowest BCUT2D eigenvalue weighted by Crippen LogP contribution is -2.37. The third kappa shape index (κ3) is 3.81. The van der Waals surface area contributed by atoms with Gasteiger partial charge in [-0.15, -0.1) is 0 Å². The van der Waals surface area contributed by atoms with E-state index in [4.69, 9.17) is 4.74 Å². The van der Waals surface area contributed by atoms with Crippen LogP contribution < -0.4 is 4.90 Å². The highest BCUT2D eigenvalue weighted by Gasteiger charge is 2.32. The largest absolute Gasteiger partial charge is 0.445 e. The number of hydrogen-bond donors (Lipinski definition) is 1. The fourth-order valence-corrected chi connectivity index (χ4v) is 4.25. The molecule has 3 aromatic rings. The summed E-state index contributed by atoms with van der Waals surface area (Å²) in [4.78, 5) is 19.3. The van der Waals surface area contributed by atoms with Crippen LogP contribution in [0.4, 0.5) is 14.9 Å². The molecule has 1 N–H and O–H groups in total. The van der Waals surface area contributed by atoms with E-state index in [1.165, 1.54) is 6.07 Å². The average Bonchev–Trinajstić information content (AvgIpc) is 3.38. The van der Waals surface area contributed by atoms with E-state index in [0.29, 0.717) is 36.3 Å². The van der Waals surface area contributed by atoms with Crippen molar-refractivity contribution in [2.24, 2.45) is 0 Å². The molecule has 1 aliphatic heterocycles. The van der Waals surface area contributed by atoms with Crippen LogP contribution in [0.15, 0.2) is 36.4 Å². The van der Waals surface area contributed by atoms with E-state index >= 15 is 4.39 Å². The molecule has 1 saturated heterocycles. The molecule has 1 aliphatic rings. The standard InChI is InChI=1S/C24H25FN4O2/c1-15-16(2)27-22-18(12-26)11-20(25)23(21(15)22)28(3)19-9-10-29(13-19)24(30)31-14-17-7-5-4-6-8-17/h4-8,11,19,27H,9-10,13-14H2,1-3H3. The van der Waals surface area contributed by atoms with E-state index in [1.54, 1.807) is 4.90 Å². The number of ether oxygens (including phenoxy) is 1. The van der Waals surface area contributed by atoms with Crippen molar-refractivity contribution >= 4 is 22.7 Å². The van der Waals surface area contributed by atoms with Crippen LogP contribution in [0.5, 0.6) is 0 Å². The molecule has 1 amide bonds. The van der Waals surface area contributed by atoms with Gasteiger partial charge in [-0.3, -0.25) is 0 Å². The van der Waals surface area contributed by atoms with Crippen LogP contribution in [0, 0.1) is 31.0 Å². The molecule has 31 heavy (non-hydrogen) atoms. The van der Waals surface area contributed by atoms with Crippen LogP contribution in [0.1, 0.15) is 28.8 Å². The molecule has 1 aromatic heterocycles. The number of likely N-dealkylation sites (N-methyl/N-ethyl adjacent to an activating group) is 1. The number of anilines is 1. The van der Waals surface area contributed by atoms with E-state index in [1.807, 2.05) is 56.1 Å². The number of aromatic nitrogens is 1. The number of nitrogens with one attached hydrogen (secondary N) is 1. The molecule has 2 heterocycles. The molecule has 0 spiro atoms. The minimum absolute atomic E-state index is 0.0514. The summed E-state index contributed by atoms with van der Waals surface area (Å²) in [5.41, 5.74) is 4.16. The van der Waals surface area contributed by atoms with Gasteiger partial charge in [0, 0.05) is 37.3 Å². The number of aryl methyl sites for hydroxylation is 2. The van der Waals surface area contributed by atoms with Crippen LogP contribution >= 0.6 is 0 Å². The first-order chi connectivity index (χ1) is 14.9. The first-order valence-electron chi connectivity index (χ1n) is 10.3. The molecule has 0 saturated carbocycles. The fraction of sp³-hybridized carbons (Fsp3) is 0.333. The highest BCUT2D eigenvalue weighted by molar-refractivity contribution is 5.99. The number of likely N-dealkylation sites (tertiary alicyclic amines) is 1. The van der Waals surface area contributed by atoms with E-state index in [0.717, 1.165) is 22.2 Å². The molecule has 7 heteroatoms. The minimum Gasteiger partial charge on any atom is -0.445 e. The quantitative estimate of drug-likeness (QED) is 0.667. The Hall–Kier alpha value is -3.53. The summed E-state index contributed by atoms with van der Waals surface area (Å²) in [6.45, 7) is 5.07. The van der Waals surface area contributed by atoms with Gasteiger partial charge in [0.2, 0.25) is 0 Å². The molecule has 0 radical (unpaired) electrons. The maximum atomic E-state index is 15.1. The van der Waals surface area contributed by atoms with Crippen molar-refractivity contribution in [3.8, 4) is 6.07 Å². The van der Waals surface area contributed by atoms with Crippen LogP contribution in [0.25, 0.3) is 10.9 Å². The van der Waals surface area contributed by atoms with Gasteiger partial charge in [-0.2, -0.15) is 5.26 Å². The number of halogens is 1. The number of aromatic amines is 1. The highest BCUT2D eigenvalue weighted by atomic mass is 19.1.